The second-order valence-corrected chi connectivity index (χ2v) is 5.13. The molecule has 0 fully saturated rings. The highest BCUT2D eigenvalue weighted by Crippen LogP contribution is 2.27. The van der Waals surface area contributed by atoms with Crippen molar-refractivity contribution in [2.24, 2.45) is 0 Å². The van der Waals surface area contributed by atoms with Gasteiger partial charge in [-0.05, 0) is 46.0 Å². The first kappa shape index (κ1) is 13.4. The van der Waals surface area contributed by atoms with Gasteiger partial charge in [-0.1, -0.05) is 56.1 Å². The van der Waals surface area contributed by atoms with Gasteiger partial charge in [0, 0.05) is 4.47 Å². The summed E-state index contributed by atoms with van der Waals surface area (Å²) in [6.07, 6.45) is 0. The van der Waals surface area contributed by atoms with Crippen molar-refractivity contribution in [3.8, 4) is 5.75 Å². The van der Waals surface area contributed by atoms with Crippen LogP contribution in [-0.4, -0.2) is 7.11 Å². The number of ether oxygens (including phenoxy) is 1. The molecule has 0 aliphatic rings. The Morgan fingerprint density at radius 3 is 1.89 bits per heavy atom. The van der Waals surface area contributed by atoms with E-state index in [1.54, 1.807) is 7.11 Å². The topological polar surface area (TPSA) is 9.23 Å². The third-order valence-electron chi connectivity index (χ3n) is 2.67. The first-order valence-electron chi connectivity index (χ1n) is 5.45. The smallest absolute Gasteiger partial charge is 0.118 e. The number of hydrogen-bond acceptors (Lipinski definition) is 1. The Morgan fingerprint density at radius 2 is 1.44 bits per heavy atom. The number of rotatable bonds is 3. The van der Waals surface area contributed by atoms with E-state index in [9.17, 15) is 0 Å². The number of hydrogen-bond donors (Lipinski definition) is 0. The lowest BCUT2D eigenvalue weighted by Crippen LogP contribution is -1.88. The van der Waals surface area contributed by atoms with Gasteiger partial charge in [-0.2, -0.15) is 0 Å². The molecule has 2 rings (SSSR count). The molecule has 0 aliphatic carbocycles. The molecular formula is C15H12Br2O. The van der Waals surface area contributed by atoms with Gasteiger partial charge in [0.25, 0.3) is 0 Å². The second kappa shape index (κ2) is 6.21. The summed E-state index contributed by atoms with van der Waals surface area (Å²) in [5.41, 5.74) is 3.46. The van der Waals surface area contributed by atoms with Crippen LogP contribution in [0.5, 0.6) is 5.75 Å². The van der Waals surface area contributed by atoms with Crippen LogP contribution in [0.2, 0.25) is 0 Å². The summed E-state index contributed by atoms with van der Waals surface area (Å²) in [5.74, 6) is 0.864. The van der Waals surface area contributed by atoms with Crippen molar-refractivity contribution in [1.29, 1.82) is 0 Å². The van der Waals surface area contributed by atoms with Gasteiger partial charge in [-0.3, -0.25) is 0 Å². The van der Waals surface area contributed by atoms with E-state index in [4.69, 9.17) is 4.74 Å². The fourth-order valence-corrected chi connectivity index (χ4v) is 2.49. The first-order valence-corrected chi connectivity index (χ1v) is 7.16. The van der Waals surface area contributed by atoms with E-state index in [2.05, 4.69) is 44.0 Å². The highest BCUT2D eigenvalue weighted by Gasteiger charge is 2.04. The quantitative estimate of drug-likeness (QED) is 0.720. The lowest BCUT2D eigenvalue weighted by molar-refractivity contribution is 0.415. The van der Waals surface area contributed by atoms with Crippen LogP contribution in [0.4, 0.5) is 0 Å². The SMILES string of the molecule is COc1ccc(/C(=C/Br)c2ccc(Br)cc2)cc1. The van der Waals surface area contributed by atoms with Gasteiger partial charge in [0.1, 0.15) is 5.75 Å². The predicted molar refractivity (Wildman–Crippen MR) is 83.1 cm³/mol. The zero-order valence-electron chi connectivity index (χ0n) is 9.86. The third-order valence-corrected chi connectivity index (χ3v) is 3.65. The minimum Gasteiger partial charge on any atom is -0.497 e. The van der Waals surface area contributed by atoms with E-state index in [0.717, 1.165) is 21.4 Å². The summed E-state index contributed by atoms with van der Waals surface area (Å²) in [4.78, 5) is 1.94. The number of methoxy groups -OCH3 is 1. The highest BCUT2D eigenvalue weighted by atomic mass is 79.9. The molecule has 0 aromatic heterocycles. The van der Waals surface area contributed by atoms with E-state index >= 15 is 0 Å². The third kappa shape index (κ3) is 3.03. The van der Waals surface area contributed by atoms with Gasteiger partial charge in [0.2, 0.25) is 0 Å². The maximum absolute atomic E-state index is 5.17. The second-order valence-electron chi connectivity index (χ2n) is 3.76. The molecule has 0 aliphatic heterocycles. The van der Waals surface area contributed by atoms with E-state index in [-0.39, 0.29) is 0 Å². The Bertz CT molecular complexity index is 542. The maximum Gasteiger partial charge on any atom is 0.118 e. The molecule has 0 amide bonds. The zero-order valence-corrected chi connectivity index (χ0v) is 13.0. The monoisotopic (exact) mass is 366 g/mol. The molecule has 0 bridgehead atoms. The summed E-state index contributed by atoms with van der Waals surface area (Å²) in [6.45, 7) is 0. The van der Waals surface area contributed by atoms with Crippen molar-refractivity contribution in [3.63, 3.8) is 0 Å². The van der Waals surface area contributed by atoms with Crippen molar-refractivity contribution in [3.05, 3.63) is 69.1 Å². The summed E-state index contributed by atoms with van der Waals surface area (Å²) in [6, 6.07) is 16.3. The molecule has 0 radical (unpaired) electrons. The predicted octanol–water partition coefficient (Wildman–Crippen LogP) is 5.24. The Kier molecular flexibility index (Phi) is 4.61. The molecule has 2 aromatic rings. The summed E-state index contributed by atoms with van der Waals surface area (Å²) in [7, 11) is 1.67. The van der Waals surface area contributed by atoms with Crippen molar-refractivity contribution >= 4 is 37.4 Å². The van der Waals surface area contributed by atoms with Crippen LogP contribution in [0.25, 0.3) is 5.57 Å². The van der Waals surface area contributed by atoms with Crippen LogP contribution in [0.15, 0.2) is 58.0 Å². The van der Waals surface area contributed by atoms with Gasteiger partial charge in [0.15, 0.2) is 0 Å². The van der Waals surface area contributed by atoms with Gasteiger partial charge in [0.05, 0.1) is 7.11 Å². The van der Waals surface area contributed by atoms with Crippen LogP contribution in [0, 0.1) is 0 Å². The van der Waals surface area contributed by atoms with Gasteiger partial charge in [-0.25, -0.2) is 0 Å². The van der Waals surface area contributed by atoms with Crippen LogP contribution >= 0.6 is 31.9 Å². The molecule has 0 heterocycles. The number of halogens is 2. The van der Waals surface area contributed by atoms with Crippen LogP contribution < -0.4 is 4.74 Å². The van der Waals surface area contributed by atoms with Crippen molar-refractivity contribution in [1.82, 2.24) is 0 Å². The molecule has 0 N–H and O–H groups in total. The van der Waals surface area contributed by atoms with Gasteiger partial charge < -0.3 is 4.74 Å². The van der Waals surface area contributed by atoms with Gasteiger partial charge in [-0.15, -0.1) is 0 Å². The Hall–Kier alpha value is -1.06. The van der Waals surface area contributed by atoms with Crippen molar-refractivity contribution < 1.29 is 4.74 Å². The van der Waals surface area contributed by atoms with E-state index < -0.39 is 0 Å². The molecule has 0 spiro atoms. The normalized spacial score (nSPS) is 11.4. The Balaban J connectivity index is 2.36. The average molecular weight is 368 g/mol. The molecule has 2 aromatic carbocycles. The van der Waals surface area contributed by atoms with E-state index in [1.807, 2.05) is 41.4 Å². The lowest BCUT2D eigenvalue weighted by Gasteiger charge is -2.08. The molecule has 0 unspecified atom stereocenters. The zero-order chi connectivity index (χ0) is 13.0. The van der Waals surface area contributed by atoms with Gasteiger partial charge >= 0.3 is 0 Å². The number of benzene rings is 2. The molecule has 0 saturated carbocycles. The molecule has 92 valence electrons. The highest BCUT2D eigenvalue weighted by molar-refractivity contribution is 9.11. The fraction of sp³-hybridized carbons (Fsp3) is 0.0667. The van der Waals surface area contributed by atoms with E-state index in [1.165, 1.54) is 5.56 Å². The summed E-state index contributed by atoms with van der Waals surface area (Å²) in [5, 5.41) is 0. The first-order chi connectivity index (χ1) is 8.74. The minimum absolute atomic E-state index is 0.864. The molecule has 3 heteroatoms. The lowest BCUT2D eigenvalue weighted by atomic mass is 10.00. The molecule has 18 heavy (non-hydrogen) atoms. The average Bonchev–Trinajstić information content (AvgIpc) is 2.42. The standard InChI is InChI=1S/C15H12Br2O/c1-18-14-8-4-12(5-9-14)15(10-16)11-2-6-13(17)7-3-11/h2-10H,1H3/b15-10+. The summed E-state index contributed by atoms with van der Waals surface area (Å²) >= 11 is 6.88. The molecule has 0 saturated heterocycles. The summed E-state index contributed by atoms with van der Waals surface area (Å²) < 4.78 is 6.25. The molecular weight excluding hydrogens is 356 g/mol. The minimum atomic E-state index is 0.864. The Morgan fingerprint density at radius 1 is 0.944 bits per heavy atom. The van der Waals surface area contributed by atoms with E-state index in [0.29, 0.717) is 0 Å². The van der Waals surface area contributed by atoms with Crippen LogP contribution in [0.1, 0.15) is 11.1 Å². The molecule has 1 nitrogen and oxygen atoms in total. The Labute approximate surface area is 124 Å². The van der Waals surface area contributed by atoms with Crippen molar-refractivity contribution in [2.45, 2.75) is 0 Å². The largest absolute Gasteiger partial charge is 0.497 e. The van der Waals surface area contributed by atoms with Crippen LogP contribution in [0.3, 0.4) is 0 Å². The molecule has 0 atom stereocenters. The van der Waals surface area contributed by atoms with Crippen molar-refractivity contribution in [2.75, 3.05) is 7.11 Å². The fourth-order valence-electron chi connectivity index (χ4n) is 1.69. The maximum atomic E-state index is 5.17. The van der Waals surface area contributed by atoms with Crippen LogP contribution in [-0.2, 0) is 0 Å².